The lowest BCUT2D eigenvalue weighted by Crippen LogP contribution is -2.44. The number of nitrogens with one attached hydrogen (secondary N) is 1. The Morgan fingerprint density at radius 1 is 1.24 bits per heavy atom. The quantitative estimate of drug-likeness (QED) is 0.761. The fraction of sp³-hybridized carbons (Fsp3) is 0.500. The van der Waals surface area contributed by atoms with Crippen LogP contribution in [0.5, 0.6) is 0 Å². The molecule has 1 N–H and O–H groups in total. The van der Waals surface area contributed by atoms with E-state index < -0.39 is 6.04 Å². The second-order valence-electron chi connectivity index (χ2n) is 6.44. The van der Waals surface area contributed by atoms with Crippen LogP contribution in [0.3, 0.4) is 0 Å². The molecule has 25 heavy (non-hydrogen) atoms. The van der Waals surface area contributed by atoms with Crippen molar-refractivity contribution in [3.63, 3.8) is 0 Å². The highest BCUT2D eigenvalue weighted by Crippen LogP contribution is 2.26. The van der Waals surface area contributed by atoms with E-state index in [1.54, 1.807) is 18.9 Å². The molecule has 1 aliphatic rings. The number of carbonyl (C=O) groups excluding carboxylic acids is 3. The van der Waals surface area contributed by atoms with Crippen molar-refractivity contribution in [3.05, 3.63) is 29.8 Å². The number of nitrogens with zero attached hydrogens (tertiary/aromatic N) is 3. The number of urea groups is 1. The van der Waals surface area contributed by atoms with Crippen LogP contribution in [0, 0.1) is 6.92 Å². The minimum absolute atomic E-state index is 0.0872. The molecule has 1 aromatic rings. The average molecular weight is 346 g/mol. The lowest BCUT2D eigenvalue weighted by atomic mass is 10.2. The molecule has 1 aromatic carbocycles. The van der Waals surface area contributed by atoms with Gasteiger partial charge in [-0.25, -0.2) is 9.69 Å². The summed E-state index contributed by atoms with van der Waals surface area (Å²) in [6.45, 7) is 6.50. The van der Waals surface area contributed by atoms with E-state index >= 15 is 0 Å². The van der Waals surface area contributed by atoms with Gasteiger partial charge in [-0.2, -0.15) is 0 Å². The number of hydrogen-bond donors (Lipinski definition) is 1. The second-order valence-corrected chi connectivity index (χ2v) is 6.44. The van der Waals surface area contributed by atoms with Gasteiger partial charge in [0, 0.05) is 12.2 Å². The number of carbonyl (C=O) groups is 3. The highest BCUT2D eigenvalue weighted by molar-refractivity contribution is 6.14. The van der Waals surface area contributed by atoms with Gasteiger partial charge < -0.3 is 5.32 Å². The van der Waals surface area contributed by atoms with E-state index in [9.17, 15) is 14.4 Å². The van der Waals surface area contributed by atoms with Crippen LogP contribution in [0.4, 0.5) is 10.5 Å². The summed E-state index contributed by atoms with van der Waals surface area (Å²) in [6, 6.07) is 6.57. The number of hydrogen-bond acceptors (Lipinski definition) is 4. The summed E-state index contributed by atoms with van der Waals surface area (Å²) in [6.07, 6.45) is 0.863. The molecular formula is C18H26N4O3. The molecule has 1 saturated heterocycles. The van der Waals surface area contributed by atoms with Crippen LogP contribution in [0.2, 0.25) is 0 Å². The van der Waals surface area contributed by atoms with Gasteiger partial charge in [0.25, 0.3) is 5.91 Å². The zero-order chi connectivity index (χ0) is 18.6. The van der Waals surface area contributed by atoms with Crippen molar-refractivity contribution in [2.24, 2.45) is 0 Å². The van der Waals surface area contributed by atoms with Gasteiger partial charge in [-0.1, -0.05) is 24.6 Å². The van der Waals surface area contributed by atoms with Crippen molar-refractivity contribution >= 4 is 23.5 Å². The number of benzene rings is 1. The van der Waals surface area contributed by atoms with Crippen LogP contribution >= 0.6 is 0 Å². The van der Waals surface area contributed by atoms with Gasteiger partial charge in [-0.15, -0.1) is 0 Å². The maximum Gasteiger partial charge on any atom is 0.333 e. The Bertz CT molecular complexity index is 644. The molecule has 0 bridgehead atoms. The lowest BCUT2D eigenvalue weighted by Gasteiger charge is -2.23. The largest absolute Gasteiger partial charge is 0.355 e. The third-order valence-electron chi connectivity index (χ3n) is 4.13. The molecule has 7 heteroatoms. The van der Waals surface area contributed by atoms with E-state index in [1.165, 1.54) is 9.80 Å². The zero-order valence-electron chi connectivity index (χ0n) is 15.3. The first-order chi connectivity index (χ1) is 11.8. The fourth-order valence-corrected chi connectivity index (χ4v) is 2.75. The van der Waals surface area contributed by atoms with Crippen LogP contribution < -0.4 is 10.2 Å². The molecule has 0 saturated carbocycles. The molecule has 136 valence electrons. The van der Waals surface area contributed by atoms with Crippen molar-refractivity contribution in [1.29, 1.82) is 0 Å². The maximum atomic E-state index is 12.7. The number of anilines is 1. The Morgan fingerprint density at radius 2 is 1.88 bits per heavy atom. The van der Waals surface area contributed by atoms with Crippen LogP contribution in [-0.2, 0) is 9.59 Å². The fourth-order valence-electron chi connectivity index (χ4n) is 2.75. The molecule has 1 fully saturated rings. The topological polar surface area (TPSA) is 73.0 Å². The molecule has 1 atom stereocenters. The van der Waals surface area contributed by atoms with Gasteiger partial charge in [0.05, 0.1) is 13.2 Å². The molecule has 4 amide bonds. The summed E-state index contributed by atoms with van der Waals surface area (Å²) in [5.41, 5.74) is 1.78. The first kappa shape index (κ1) is 18.9. The number of likely N-dealkylation sites (N-methyl/N-ethyl adjacent to an activating group) is 1. The van der Waals surface area contributed by atoms with Crippen molar-refractivity contribution in [3.8, 4) is 0 Å². The first-order valence-corrected chi connectivity index (χ1v) is 8.51. The van der Waals surface area contributed by atoms with E-state index in [2.05, 4.69) is 5.32 Å². The molecule has 0 spiro atoms. The zero-order valence-corrected chi connectivity index (χ0v) is 15.3. The van der Waals surface area contributed by atoms with Crippen molar-refractivity contribution < 1.29 is 14.4 Å². The van der Waals surface area contributed by atoms with Crippen molar-refractivity contribution in [1.82, 2.24) is 15.1 Å². The molecule has 0 aromatic heterocycles. The number of aryl methyl sites for hydroxylation is 1. The van der Waals surface area contributed by atoms with Crippen LogP contribution in [0.1, 0.15) is 25.8 Å². The van der Waals surface area contributed by atoms with Crippen LogP contribution in [0.25, 0.3) is 0 Å². The summed E-state index contributed by atoms with van der Waals surface area (Å²) >= 11 is 0. The summed E-state index contributed by atoms with van der Waals surface area (Å²) in [5.74, 6) is -0.377. The molecule has 2 rings (SSSR count). The third-order valence-corrected chi connectivity index (χ3v) is 4.13. The van der Waals surface area contributed by atoms with Gasteiger partial charge >= 0.3 is 6.03 Å². The minimum Gasteiger partial charge on any atom is -0.355 e. The van der Waals surface area contributed by atoms with E-state index in [4.69, 9.17) is 0 Å². The smallest absolute Gasteiger partial charge is 0.333 e. The average Bonchev–Trinajstić information content (AvgIpc) is 2.77. The predicted octanol–water partition coefficient (Wildman–Crippen LogP) is 1.57. The summed E-state index contributed by atoms with van der Waals surface area (Å²) in [5, 5.41) is 2.78. The molecular weight excluding hydrogens is 320 g/mol. The monoisotopic (exact) mass is 346 g/mol. The summed E-state index contributed by atoms with van der Waals surface area (Å²) in [4.78, 5) is 41.3. The van der Waals surface area contributed by atoms with Gasteiger partial charge in [0.15, 0.2) is 0 Å². The van der Waals surface area contributed by atoms with Crippen LogP contribution in [-0.4, -0.2) is 60.5 Å². The number of rotatable bonds is 7. The van der Waals surface area contributed by atoms with Gasteiger partial charge in [-0.3, -0.25) is 19.4 Å². The van der Waals surface area contributed by atoms with Crippen molar-refractivity contribution in [2.75, 3.05) is 31.7 Å². The van der Waals surface area contributed by atoms with Gasteiger partial charge in [-0.05, 0) is 39.4 Å². The predicted molar refractivity (Wildman–Crippen MR) is 96.2 cm³/mol. The van der Waals surface area contributed by atoms with E-state index in [-0.39, 0.29) is 31.1 Å². The third kappa shape index (κ3) is 4.36. The molecule has 1 aliphatic heterocycles. The molecule has 1 heterocycles. The molecule has 0 radical (unpaired) electrons. The van der Waals surface area contributed by atoms with E-state index in [1.807, 2.05) is 38.1 Å². The molecule has 7 nitrogen and oxygen atoms in total. The second kappa shape index (κ2) is 8.11. The van der Waals surface area contributed by atoms with Crippen molar-refractivity contribution in [2.45, 2.75) is 33.2 Å². The minimum atomic E-state index is -0.558. The van der Waals surface area contributed by atoms with Crippen LogP contribution in [0.15, 0.2) is 24.3 Å². The highest BCUT2D eigenvalue weighted by atomic mass is 16.2. The molecule has 0 aliphatic carbocycles. The first-order valence-electron chi connectivity index (χ1n) is 8.51. The summed E-state index contributed by atoms with van der Waals surface area (Å²) < 4.78 is 0. The molecule has 0 unspecified atom stereocenters. The highest BCUT2D eigenvalue weighted by Gasteiger charge is 2.43. The Hall–Kier alpha value is -2.41. The standard InChI is InChI=1S/C18H26N4O3/c1-5-10-19-16(23)11-20(4)12-21-17(24)14(3)22(18(21)25)15-8-6-13(2)7-9-15/h6-9,14H,5,10-12H2,1-4H3,(H,19,23)/t14-/m0/s1. The Labute approximate surface area is 148 Å². The van der Waals surface area contributed by atoms with Gasteiger partial charge in [0.1, 0.15) is 6.04 Å². The Kier molecular flexibility index (Phi) is 6.14. The Balaban J connectivity index is 2.04. The normalized spacial score (nSPS) is 17.6. The number of imide groups is 1. The maximum absolute atomic E-state index is 12.7. The van der Waals surface area contributed by atoms with E-state index in [0.29, 0.717) is 12.2 Å². The van der Waals surface area contributed by atoms with Gasteiger partial charge in [0.2, 0.25) is 5.91 Å². The summed E-state index contributed by atoms with van der Waals surface area (Å²) in [7, 11) is 1.71. The number of amides is 4. The Morgan fingerprint density at radius 3 is 2.48 bits per heavy atom. The van der Waals surface area contributed by atoms with E-state index in [0.717, 1.165) is 12.0 Å². The lowest BCUT2D eigenvalue weighted by molar-refractivity contribution is -0.129. The SMILES string of the molecule is CCCNC(=O)CN(C)CN1C(=O)[C@H](C)N(c2ccc(C)cc2)C1=O.